The number of carbonyl (C=O) groups is 9. The summed E-state index contributed by atoms with van der Waals surface area (Å²) in [4.78, 5) is 140. The highest BCUT2D eigenvalue weighted by Gasteiger charge is 2.52. The lowest BCUT2D eigenvalue weighted by atomic mass is 9.89. The number of aromatic hydroxyl groups is 4. The lowest BCUT2D eigenvalue weighted by molar-refractivity contribution is -0.277. The van der Waals surface area contributed by atoms with Gasteiger partial charge in [0, 0.05) is 48.2 Å². The molecule has 8 heterocycles. The number of hydrogen-bond acceptors (Lipinski definition) is 32. The zero-order chi connectivity index (χ0) is 96.0. The molecule has 7 aromatic rings. The van der Waals surface area contributed by atoms with Crippen molar-refractivity contribution in [3.05, 3.63) is 164 Å². The number of phenolic OH excluding ortho intramolecular Hbond substituents is 4. The summed E-state index contributed by atoms with van der Waals surface area (Å²) in [5.41, 5.74) is 3.02. The number of rotatable bonds is 28. The van der Waals surface area contributed by atoms with Gasteiger partial charge < -0.3 is 158 Å². The average Bonchev–Trinajstić information content (AvgIpc) is 0.760. The van der Waals surface area contributed by atoms with Crippen LogP contribution in [0.15, 0.2) is 115 Å². The van der Waals surface area contributed by atoms with Crippen molar-refractivity contribution in [2.24, 2.45) is 11.7 Å². The molecule has 2 saturated heterocycles. The number of esters is 1. The number of hydrogen-bond donors (Lipinski definition) is 23. The summed E-state index contributed by atoms with van der Waals surface area (Å²) in [7, 11) is 2.40. The number of aliphatic hydroxyl groups excluding tert-OH is 7. The van der Waals surface area contributed by atoms with Gasteiger partial charge in [0.25, 0.3) is 0 Å². The van der Waals surface area contributed by atoms with Crippen molar-refractivity contribution in [1.82, 2.24) is 58.5 Å². The monoisotopic (exact) mass is 1900 g/mol. The summed E-state index contributed by atoms with van der Waals surface area (Å²) < 4.78 is 50.1. The first kappa shape index (κ1) is 99.5. The Morgan fingerprint density at radius 2 is 1.19 bits per heavy atom. The number of aliphatic hydroxyl groups is 7. The second-order valence-corrected chi connectivity index (χ2v) is 34.5. The molecule has 40 nitrogen and oxygen atoms in total. The van der Waals surface area contributed by atoms with Crippen LogP contribution in [-0.4, -0.2) is 243 Å². The standard InChI is InChI=1S/C92H110Cl2N12O28/c1-42(2)13-8-6-5-7-9-14-65(112)101-74-77(115)79(117)82(90(126)127-4)134-91(74)133-81-62-35-47-36-63(81)130-59-24-19-46(33-54(59)93)75(113)73-89(125)105-71(84(120)99-30-12-29-98-28-11-27-97-26-10-25-95)52-37-48(108)38-61(131-92-80(118)78(116)76(114)64(41-107)132-92)66(52)51-32-44(17-22-56(51)109)69(86(122)106-73)102-87(123)70(47)103-88(124)72-53-39-50(40-58(111)67(53)94)129-60-34-45(18-23-57(60)110)68(96-3)85(121)100-55(83(119)104-72)31-43-15-20-49(128-62)21-16-43/h15-24,32-40,42,55,64,68-80,82,91-92,96-98,107-111,113-118H,5-14,25-31,41,95H2,1-4H3,(H,99,120)(H,100,121)(H,101,112)(H,102,123)(H,103,124)(H,104,119)(H,105,125)(H,106,122)/t55-,64-,68-,69-,70-,71-,72+,73+,74-,75-,76-,77-,78+,79+,80+,82+,91-,92+/m1/s1. The van der Waals surface area contributed by atoms with Gasteiger partial charge >= 0.3 is 5.97 Å². The number of ether oxygens (including phenoxy) is 8. The third-order valence-corrected chi connectivity index (χ3v) is 24.4. The predicted octanol–water partition coefficient (Wildman–Crippen LogP) is 3.22. The Kier molecular flexibility index (Phi) is 33.4. The fraction of sp³-hybridized carbons (Fsp3) is 0.446. The SMILES string of the molecule is CN[C@H]1C(=O)N[C@@H]2Cc3ccc(cc3)Oc3cc4cc(c3O[C@@H]3O[C@H](C(=O)OC)[C@@H](O)[C@H](O)[C@H]3NC(=O)CCCCCCCC(C)C)Oc3ccc(cc3Cl)[C@@H](O)[C@@H]3NC(=O)[C@H](NC(=O)[C@@H]4NC(=O)[C@@H](NC2=O)c2cc(cc(O)c2Cl)Oc2cc1ccc2O)c1ccc(O)c(c1)-c1c(O[C@H]2O[C@H](CO)[C@@H](O)[C@H](O)[C@@H]2O)cc(O)cc1[C@H](C(=O)NCCCNCCCNCCCN)NC3=O. The molecule has 0 unspecified atom stereocenters. The molecule has 720 valence electrons. The molecule has 0 aromatic heterocycles. The molecule has 42 heteroatoms. The highest BCUT2D eigenvalue weighted by Crippen LogP contribution is 2.51. The van der Waals surface area contributed by atoms with E-state index in [-0.39, 0.29) is 47.8 Å². The Labute approximate surface area is 778 Å². The number of carbonyl (C=O) groups excluding carboxylic acids is 9. The van der Waals surface area contributed by atoms with Gasteiger partial charge in [-0.1, -0.05) is 99.5 Å². The molecule has 8 aliphatic rings. The second kappa shape index (κ2) is 44.9. The van der Waals surface area contributed by atoms with Gasteiger partial charge in [0.15, 0.2) is 29.1 Å². The summed E-state index contributed by atoms with van der Waals surface area (Å²) >= 11 is 14.4. The minimum Gasteiger partial charge on any atom is -0.508 e. The first-order valence-corrected chi connectivity index (χ1v) is 44.8. The van der Waals surface area contributed by atoms with Crippen LogP contribution in [0.1, 0.15) is 153 Å². The zero-order valence-corrected chi connectivity index (χ0v) is 74.9. The molecule has 134 heavy (non-hydrogen) atoms. The Hall–Kier alpha value is -12.0. The van der Waals surface area contributed by atoms with Crippen molar-refractivity contribution in [1.29, 1.82) is 0 Å². The number of halogens is 2. The van der Waals surface area contributed by atoms with Crippen molar-refractivity contribution in [2.45, 2.75) is 194 Å². The van der Waals surface area contributed by atoms with Gasteiger partial charge in [-0.3, -0.25) is 38.4 Å². The van der Waals surface area contributed by atoms with Crippen LogP contribution in [0.3, 0.4) is 0 Å². The Balaban J connectivity index is 1.02. The Morgan fingerprint density at radius 1 is 0.545 bits per heavy atom. The van der Waals surface area contributed by atoms with Crippen LogP contribution < -0.4 is 87.9 Å². The van der Waals surface area contributed by atoms with Crippen molar-refractivity contribution >= 4 is 76.4 Å². The van der Waals surface area contributed by atoms with Gasteiger partial charge in [-0.15, -0.1) is 0 Å². The highest BCUT2D eigenvalue weighted by molar-refractivity contribution is 6.33. The summed E-state index contributed by atoms with van der Waals surface area (Å²) in [6, 6.07) is 6.00. The number of nitrogens with two attached hydrogens (primary N) is 1. The molecular formula is C92H110Cl2N12O28. The van der Waals surface area contributed by atoms with E-state index in [2.05, 4.69) is 72.3 Å². The normalized spacial score (nSPS) is 25.2. The minimum absolute atomic E-state index is 0.114. The lowest BCUT2D eigenvalue weighted by Gasteiger charge is -2.41. The van der Waals surface area contributed by atoms with Gasteiger partial charge in [0.1, 0.15) is 131 Å². The first-order chi connectivity index (χ1) is 64.2. The van der Waals surface area contributed by atoms with E-state index in [9.17, 15) is 70.6 Å². The fourth-order valence-electron chi connectivity index (χ4n) is 16.5. The van der Waals surface area contributed by atoms with Gasteiger partial charge in [0.05, 0.1) is 23.8 Å². The van der Waals surface area contributed by atoms with E-state index >= 15 is 28.8 Å². The highest BCUT2D eigenvalue weighted by atomic mass is 35.5. The van der Waals surface area contributed by atoms with E-state index < -0.39 is 271 Å². The van der Waals surface area contributed by atoms with Gasteiger partial charge in [0.2, 0.25) is 65.6 Å². The smallest absolute Gasteiger partial charge is 0.337 e. The summed E-state index contributed by atoms with van der Waals surface area (Å²) in [5.74, 6) is -16.7. The molecule has 17 bridgehead atoms. The van der Waals surface area contributed by atoms with E-state index in [4.69, 9.17) is 66.8 Å². The van der Waals surface area contributed by atoms with Crippen LogP contribution in [-0.2, 0) is 63.8 Å². The maximum atomic E-state index is 16.9. The maximum Gasteiger partial charge on any atom is 0.337 e. The molecule has 2 fully saturated rings. The lowest BCUT2D eigenvalue weighted by Crippen LogP contribution is -2.66. The molecule has 7 aromatic carbocycles. The number of fused-ring (bicyclic) bond motifs is 14. The third kappa shape index (κ3) is 23.3. The summed E-state index contributed by atoms with van der Waals surface area (Å²) in [6.07, 6.45) is -14.9. The molecule has 0 spiro atoms. The molecule has 8 amide bonds. The Bertz CT molecular complexity index is 5450. The van der Waals surface area contributed by atoms with Crippen LogP contribution in [0.4, 0.5) is 0 Å². The third-order valence-electron chi connectivity index (χ3n) is 23.7. The fourth-order valence-corrected chi connectivity index (χ4v) is 16.9. The van der Waals surface area contributed by atoms with Crippen LogP contribution in [0.2, 0.25) is 10.0 Å². The molecule has 0 aliphatic carbocycles. The Morgan fingerprint density at radius 3 is 1.89 bits per heavy atom. The van der Waals surface area contributed by atoms with E-state index in [1.54, 1.807) is 0 Å². The van der Waals surface area contributed by atoms with Crippen LogP contribution in [0.5, 0.6) is 69.0 Å². The van der Waals surface area contributed by atoms with E-state index in [1.165, 1.54) is 55.6 Å². The van der Waals surface area contributed by atoms with E-state index in [0.29, 0.717) is 50.5 Å². The molecule has 18 atom stereocenters. The van der Waals surface area contributed by atoms with Crippen LogP contribution in [0.25, 0.3) is 11.1 Å². The zero-order valence-electron chi connectivity index (χ0n) is 73.4. The van der Waals surface area contributed by atoms with Crippen molar-refractivity contribution in [3.63, 3.8) is 0 Å². The van der Waals surface area contributed by atoms with E-state index in [0.717, 1.165) is 119 Å². The molecule has 0 saturated carbocycles. The van der Waals surface area contributed by atoms with Crippen molar-refractivity contribution in [3.8, 4) is 80.1 Å². The second-order valence-electron chi connectivity index (χ2n) is 33.7. The number of likely N-dealkylation sites (N-methyl/N-ethyl adjacent to an activating group) is 1. The van der Waals surface area contributed by atoms with Crippen molar-refractivity contribution < 1.29 is 137 Å². The number of amides is 8. The molecule has 15 rings (SSSR count). The number of phenols is 4. The van der Waals surface area contributed by atoms with Crippen LogP contribution >= 0.6 is 23.2 Å². The predicted molar refractivity (Wildman–Crippen MR) is 477 cm³/mol. The number of unbranched alkanes of at least 4 members (excludes halogenated alkanes) is 4. The van der Waals surface area contributed by atoms with Gasteiger partial charge in [-0.05, 0) is 178 Å². The van der Waals surface area contributed by atoms with Gasteiger partial charge in [-0.2, -0.15) is 0 Å². The van der Waals surface area contributed by atoms with Gasteiger partial charge in [-0.25, -0.2) is 4.79 Å². The number of methoxy groups -OCH3 is 1. The molecule has 0 radical (unpaired) electrons. The average molecular weight is 1900 g/mol. The minimum atomic E-state index is -2.44. The molecule has 24 N–H and O–H groups in total. The first-order valence-electron chi connectivity index (χ1n) is 44.0. The van der Waals surface area contributed by atoms with E-state index in [1.807, 2.05) is 0 Å². The maximum absolute atomic E-state index is 16.9. The summed E-state index contributed by atoms with van der Waals surface area (Å²) in [6.45, 7) is 5.96. The quantitative estimate of drug-likeness (QED) is 0.0247. The van der Waals surface area contributed by atoms with Crippen LogP contribution in [0, 0.1) is 5.92 Å². The largest absolute Gasteiger partial charge is 0.508 e. The summed E-state index contributed by atoms with van der Waals surface area (Å²) in [5, 5.41) is 158. The van der Waals surface area contributed by atoms with Crippen molar-refractivity contribution in [2.75, 3.05) is 60.0 Å². The molecule has 8 aliphatic heterocycles. The number of nitrogens with one attached hydrogen (secondary N) is 11. The number of benzene rings is 7. The topological polar surface area (TPSA) is 608 Å². The molecular weight excluding hydrogens is 1790 g/mol.